The summed E-state index contributed by atoms with van der Waals surface area (Å²) in [6.45, 7) is 7.64. The van der Waals surface area contributed by atoms with E-state index >= 15 is 0 Å². The van der Waals surface area contributed by atoms with Gasteiger partial charge in [-0.05, 0) is 40.9 Å². The molecule has 0 atom stereocenters. The van der Waals surface area contributed by atoms with E-state index in [4.69, 9.17) is 0 Å². The van der Waals surface area contributed by atoms with E-state index in [2.05, 4.69) is 18.7 Å². The van der Waals surface area contributed by atoms with Gasteiger partial charge in [-0.25, -0.2) is 0 Å². The Labute approximate surface area is 81.7 Å². The van der Waals surface area contributed by atoms with E-state index in [9.17, 15) is 4.79 Å². The molecule has 0 saturated heterocycles. The molecule has 0 aromatic heterocycles. The van der Waals surface area contributed by atoms with Crippen molar-refractivity contribution >= 4 is 5.91 Å². The highest BCUT2D eigenvalue weighted by Gasteiger charge is 2.11. The molecule has 0 saturated carbocycles. The summed E-state index contributed by atoms with van der Waals surface area (Å²) in [5.74, 6) is 0.175. The Morgan fingerprint density at radius 2 is 1.77 bits per heavy atom. The minimum atomic E-state index is 0.175. The maximum Gasteiger partial charge on any atom is 0.219 e. The van der Waals surface area contributed by atoms with Crippen molar-refractivity contribution in [3.05, 3.63) is 0 Å². The average Bonchev–Trinajstić information content (AvgIpc) is 1.95. The molecule has 0 heterocycles. The number of carbonyl (C=O) groups excluding carboxylic acids is 1. The molecule has 0 spiro atoms. The van der Waals surface area contributed by atoms with Crippen LogP contribution in [0, 0.1) is 0 Å². The first kappa shape index (κ1) is 12.4. The molecule has 78 valence electrons. The van der Waals surface area contributed by atoms with Gasteiger partial charge in [0.25, 0.3) is 0 Å². The Morgan fingerprint density at radius 3 is 2.08 bits per heavy atom. The van der Waals surface area contributed by atoms with E-state index in [0.29, 0.717) is 6.04 Å². The fourth-order valence-corrected chi connectivity index (χ4v) is 1.34. The summed E-state index contributed by atoms with van der Waals surface area (Å²) in [7, 11) is 4.10. The lowest BCUT2D eigenvalue weighted by Crippen LogP contribution is -2.37. The molecule has 0 rings (SSSR count). The van der Waals surface area contributed by atoms with Crippen molar-refractivity contribution in [2.24, 2.45) is 0 Å². The minimum absolute atomic E-state index is 0.175. The van der Waals surface area contributed by atoms with E-state index in [1.165, 1.54) is 0 Å². The number of nitrogens with zero attached hydrogens (tertiary/aromatic N) is 2. The molecule has 0 aliphatic heterocycles. The first-order chi connectivity index (χ1) is 5.95. The predicted molar refractivity (Wildman–Crippen MR) is 55.7 cm³/mol. The van der Waals surface area contributed by atoms with Crippen LogP contribution in [0.2, 0.25) is 0 Å². The van der Waals surface area contributed by atoms with E-state index in [1.807, 2.05) is 19.0 Å². The maximum atomic E-state index is 11.2. The fraction of sp³-hybridized carbons (Fsp3) is 0.900. The summed E-state index contributed by atoms with van der Waals surface area (Å²) >= 11 is 0. The van der Waals surface area contributed by atoms with Crippen LogP contribution in [0.1, 0.15) is 27.2 Å². The molecule has 13 heavy (non-hydrogen) atoms. The molecule has 0 aromatic rings. The maximum absolute atomic E-state index is 11.2. The highest BCUT2D eigenvalue weighted by molar-refractivity contribution is 5.73. The molecule has 3 heteroatoms. The molecular weight excluding hydrogens is 164 g/mol. The zero-order valence-electron chi connectivity index (χ0n) is 9.50. The van der Waals surface area contributed by atoms with Crippen LogP contribution in [0.3, 0.4) is 0 Å². The van der Waals surface area contributed by atoms with Crippen molar-refractivity contribution in [1.82, 2.24) is 9.80 Å². The van der Waals surface area contributed by atoms with Gasteiger partial charge in [-0.3, -0.25) is 4.79 Å². The Morgan fingerprint density at radius 1 is 1.23 bits per heavy atom. The summed E-state index contributed by atoms with van der Waals surface area (Å²) < 4.78 is 0. The number of hydrogen-bond acceptors (Lipinski definition) is 2. The van der Waals surface area contributed by atoms with E-state index in [-0.39, 0.29) is 5.91 Å². The van der Waals surface area contributed by atoms with Crippen LogP contribution in [0.25, 0.3) is 0 Å². The second kappa shape index (κ2) is 5.97. The van der Waals surface area contributed by atoms with Crippen LogP contribution < -0.4 is 0 Å². The molecule has 0 radical (unpaired) electrons. The number of hydrogen-bond donors (Lipinski definition) is 0. The van der Waals surface area contributed by atoms with Crippen molar-refractivity contribution in [2.45, 2.75) is 33.2 Å². The number of amides is 1. The average molecular weight is 186 g/mol. The Bertz CT molecular complexity index is 155. The first-order valence-corrected chi connectivity index (χ1v) is 4.87. The van der Waals surface area contributed by atoms with Crippen molar-refractivity contribution in [1.29, 1.82) is 0 Å². The topological polar surface area (TPSA) is 23.6 Å². The summed E-state index contributed by atoms with van der Waals surface area (Å²) in [4.78, 5) is 15.2. The lowest BCUT2D eigenvalue weighted by Gasteiger charge is -2.25. The van der Waals surface area contributed by atoms with Crippen LogP contribution in [-0.4, -0.2) is 48.9 Å². The van der Waals surface area contributed by atoms with E-state index in [0.717, 1.165) is 19.5 Å². The molecule has 0 aromatic carbocycles. The lowest BCUT2D eigenvalue weighted by atomic mass is 10.3. The van der Waals surface area contributed by atoms with Gasteiger partial charge in [-0.15, -0.1) is 0 Å². The van der Waals surface area contributed by atoms with Gasteiger partial charge in [-0.2, -0.15) is 0 Å². The second-order valence-electron chi connectivity index (χ2n) is 3.96. The second-order valence-corrected chi connectivity index (χ2v) is 3.96. The molecular formula is C10H22N2O. The van der Waals surface area contributed by atoms with Gasteiger partial charge in [-0.1, -0.05) is 0 Å². The third-order valence-electron chi connectivity index (χ3n) is 2.03. The van der Waals surface area contributed by atoms with Gasteiger partial charge in [0.2, 0.25) is 5.91 Å². The minimum Gasteiger partial charge on any atom is -0.340 e. The summed E-state index contributed by atoms with van der Waals surface area (Å²) in [6, 6.07) is 0.319. The van der Waals surface area contributed by atoms with Crippen molar-refractivity contribution in [2.75, 3.05) is 27.2 Å². The predicted octanol–water partition coefficient (Wildman–Crippen LogP) is 1.19. The van der Waals surface area contributed by atoms with Gasteiger partial charge >= 0.3 is 0 Å². The third kappa shape index (κ3) is 5.64. The van der Waals surface area contributed by atoms with Gasteiger partial charge in [0, 0.05) is 19.5 Å². The first-order valence-electron chi connectivity index (χ1n) is 4.87. The van der Waals surface area contributed by atoms with Crippen LogP contribution in [0.5, 0.6) is 0 Å². The molecule has 0 N–H and O–H groups in total. The number of rotatable bonds is 5. The van der Waals surface area contributed by atoms with Gasteiger partial charge in [0.05, 0.1) is 0 Å². The van der Waals surface area contributed by atoms with E-state index < -0.39 is 0 Å². The van der Waals surface area contributed by atoms with Crippen molar-refractivity contribution < 1.29 is 4.79 Å². The van der Waals surface area contributed by atoms with Gasteiger partial charge in [0.15, 0.2) is 0 Å². The molecule has 3 nitrogen and oxygen atoms in total. The molecule has 0 aliphatic rings. The highest BCUT2D eigenvalue weighted by Crippen LogP contribution is 2.00. The smallest absolute Gasteiger partial charge is 0.219 e. The normalized spacial score (nSPS) is 11.0. The van der Waals surface area contributed by atoms with Crippen LogP contribution >= 0.6 is 0 Å². The molecule has 0 fully saturated rings. The summed E-state index contributed by atoms with van der Waals surface area (Å²) in [5, 5.41) is 0. The van der Waals surface area contributed by atoms with Crippen molar-refractivity contribution in [3.63, 3.8) is 0 Å². The van der Waals surface area contributed by atoms with Gasteiger partial charge < -0.3 is 9.80 Å². The van der Waals surface area contributed by atoms with Gasteiger partial charge in [0.1, 0.15) is 0 Å². The summed E-state index contributed by atoms with van der Waals surface area (Å²) in [6.07, 6.45) is 1.05. The zero-order valence-corrected chi connectivity index (χ0v) is 9.50. The van der Waals surface area contributed by atoms with Crippen LogP contribution in [-0.2, 0) is 4.79 Å². The summed E-state index contributed by atoms with van der Waals surface area (Å²) in [5.41, 5.74) is 0. The van der Waals surface area contributed by atoms with Crippen molar-refractivity contribution in [3.8, 4) is 0 Å². The van der Waals surface area contributed by atoms with Crippen LogP contribution in [0.15, 0.2) is 0 Å². The quantitative estimate of drug-likeness (QED) is 0.644. The third-order valence-corrected chi connectivity index (χ3v) is 2.03. The fourth-order valence-electron chi connectivity index (χ4n) is 1.34. The van der Waals surface area contributed by atoms with Crippen LogP contribution in [0.4, 0.5) is 0 Å². The molecule has 1 amide bonds. The Kier molecular flexibility index (Phi) is 5.71. The molecule has 0 aliphatic carbocycles. The van der Waals surface area contributed by atoms with E-state index in [1.54, 1.807) is 6.92 Å². The Balaban J connectivity index is 3.77. The Hall–Kier alpha value is -0.570. The lowest BCUT2D eigenvalue weighted by molar-refractivity contribution is -0.130. The standard InChI is InChI=1S/C10H22N2O/c1-9(2)12(10(3)13)8-6-7-11(4)5/h9H,6-8H2,1-5H3. The largest absolute Gasteiger partial charge is 0.340 e. The zero-order chi connectivity index (χ0) is 10.4. The SMILES string of the molecule is CC(=O)N(CCCN(C)C)C(C)C. The monoisotopic (exact) mass is 186 g/mol. The number of carbonyl (C=O) groups is 1. The highest BCUT2D eigenvalue weighted by atomic mass is 16.2. The molecule has 0 unspecified atom stereocenters. The molecule has 0 bridgehead atoms.